The van der Waals surface area contributed by atoms with Gasteiger partial charge in [-0.05, 0) is 12.8 Å². The maximum atomic E-state index is 12.0. The molecular weight excluding hydrogens is 276 g/mol. The van der Waals surface area contributed by atoms with E-state index >= 15 is 0 Å². The van der Waals surface area contributed by atoms with Crippen molar-refractivity contribution < 1.29 is 23.5 Å². The van der Waals surface area contributed by atoms with Crippen molar-refractivity contribution in [3.63, 3.8) is 0 Å². The third-order valence-electron chi connectivity index (χ3n) is 3.95. The Bertz CT molecular complexity index is 552. The predicted octanol–water partition coefficient (Wildman–Crippen LogP) is 1.49. The lowest BCUT2D eigenvalue weighted by Gasteiger charge is -2.34. The van der Waals surface area contributed by atoms with Gasteiger partial charge in [0.05, 0.1) is 32.3 Å². The minimum Gasteiger partial charge on any atom is -0.469 e. The lowest BCUT2D eigenvalue weighted by atomic mass is 9.70. The van der Waals surface area contributed by atoms with Crippen LogP contribution in [0.3, 0.4) is 0 Å². The van der Waals surface area contributed by atoms with E-state index in [1.807, 2.05) is 0 Å². The third-order valence-corrected chi connectivity index (χ3v) is 3.95. The molecule has 1 saturated carbocycles. The van der Waals surface area contributed by atoms with Crippen LogP contribution < -0.4 is 5.43 Å². The van der Waals surface area contributed by atoms with Crippen LogP contribution in [0, 0.1) is 11.8 Å². The number of hydrogen-bond donors (Lipinski definition) is 0. The van der Waals surface area contributed by atoms with E-state index in [1.165, 1.54) is 32.6 Å². The molecule has 0 aromatic carbocycles. The molecule has 0 aliphatic heterocycles. The first-order valence-corrected chi connectivity index (χ1v) is 6.83. The normalized spacial score (nSPS) is 25.1. The fraction of sp³-hybridized carbons (Fsp3) is 0.533. The van der Waals surface area contributed by atoms with E-state index in [2.05, 4.69) is 0 Å². The minimum atomic E-state index is -0.535. The minimum absolute atomic E-state index is 0.228. The highest BCUT2D eigenvalue weighted by Gasteiger charge is 2.44. The molecule has 1 heterocycles. The zero-order chi connectivity index (χ0) is 15.4. The SMILES string of the molecule is COC(=O)C1CCCC(C(=O)OC)C1c1cc(=O)cco1. The number of ether oxygens (including phenoxy) is 2. The van der Waals surface area contributed by atoms with Crippen LogP contribution in [0.25, 0.3) is 0 Å². The molecule has 2 atom stereocenters. The molecule has 0 bridgehead atoms. The van der Waals surface area contributed by atoms with Crippen LogP contribution in [0.15, 0.2) is 27.6 Å². The quantitative estimate of drug-likeness (QED) is 0.785. The number of rotatable bonds is 3. The largest absolute Gasteiger partial charge is 0.469 e. The molecule has 1 aliphatic rings. The Balaban J connectivity index is 2.44. The molecule has 1 fully saturated rings. The van der Waals surface area contributed by atoms with Crippen molar-refractivity contribution in [2.24, 2.45) is 11.8 Å². The first-order chi connectivity index (χ1) is 10.1. The zero-order valence-corrected chi connectivity index (χ0v) is 12.0. The van der Waals surface area contributed by atoms with Gasteiger partial charge in [0, 0.05) is 18.1 Å². The highest BCUT2D eigenvalue weighted by atomic mass is 16.5. The molecular formula is C15H18O6. The summed E-state index contributed by atoms with van der Waals surface area (Å²) in [5, 5.41) is 0. The average molecular weight is 294 g/mol. The second-order valence-corrected chi connectivity index (χ2v) is 5.09. The summed E-state index contributed by atoms with van der Waals surface area (Å²) in [7, 11) is 2.62. The van der Waals surface area contributed by atoms with Gasteiger partial charge in [-0.15, -0.1) is 0 Å². The molecule has 0 saturated heterocycles. The third kappa shape index (κ3) is 3.15. The van der Waals surface area contributed by atoms with Gasteiger partial charge in [-0.25, -0.2) is 0 Å². The van der Waals surface area contributed by atoms with Gasteiger partial charge in [-0.1, -0.05) is 6.42 Å². The standard InChI is InChI=1S/C15H18O6/c1-19-14(17)10-4-3-5-11(15(18)20-2)13(10)12-8-9(16)6-7-21-12/h6-8,10-11,13H,3-5H2,1-2H3. The van der Waals surface area contributed by atoms with E-state index in [1.54, 1.807) is 0 Å². The molecule has 21 heavy (non-hydrogen) atoms. The molecule has 0 radical (unpaired) electrons. The fourth-order valence-electron chi connectivity index (χ4n) is 3.00. The second-order valence-electron chi connectivity index (χ2n) is 5.09. The van der Waals surface area contributed by atoms with Crippen molar-refractivity contribution in [3.05, 3.63) is 34.4 Å². The Hall–Kier alpha value is -2.11. The Morgan fingerprint density at radius 1 is 1.14 bits per heavy atom. The second kappa shape index (κ2) is 6.56. The molecule has 6 nitrogen and oxygen atoms in total. The summed E-state index contributed by atoms with van der Waals surface area (Å²) in [6.45, 7) is 0. The van der Waals surface area contributed by atoms with Crippen LogP contribution in [-0.4, -0.2) is 26.2 Å². The van der Waals surface area contributed by atoms with Crippen LogP contribution in [0.2, 0.25) is 0 Å². The lowest BCUT2D eigenvalue weighted by molar-refractivity contribution is -0.154. The Morgan fingerprint density at radius 2 is 1.71 bits per heavy atom. The summed E-state index contributed by atoms with van der Waals surface area (Å²) in [5.41, 5.74) is -0.228. The number of hydrogen-bond acceptors (Lipinski definition) is 6. The summed E-state index contributed by atoms with van der Waals surface area (Å²) in [4.78, 5) is 35.5. The molecule has 6 heteroatoms. The number of carbonyl (C=O) groups is 2. The van der Waals surface area contributed by atoms with E-state index in [0.717, 1.165) is 0 Å². The molecule has 1 aliphatic carbocycles. The smallest absolute Gasteiger partial charge is 0.309 e. The van der Waals surface area contributed by atoms with Crippen molar-refractivity contribution in [1.82, 2.24) is 0 Å². The molecule has 2 unspecified atom stereocenters. The van der Waals surface area contributed by atoms with Crippen molar-refractivity contribution in [3.8, 4) is 0 Å². The van der Waals surface area contributed by atoms with Crippen LogP contribution >= 0.6 is 0 Å². The van der Waals surface area contributed by atoms with Crippen molar-refractivity contribution in [2.75, 3.05) is 14.2 Å². The van der Waals surface area contributed by atoms with E-state index in [0.29, 0.717) is 25.0 Å². The maximum absolute atomic E-state index is 12.0. The molecule has 1 aromatic rings. The summed E-state index contributed by atoms with van der Waals surface area (Å²) in [6.07, 6.45) is 3.16. The molecule has 0 N–H and O–H groups in total. The van der Waals surface area contributed by atoms with E-state index in [9.17, 15) is 14.4 Å². The van der Waals surface area contributed by atoms with Crippen molar-refractivity contribution in [2.45, 2.75) is 25.2 Å². The molecule has 1 aromatic heterocycles. The lowest BCUT2D eigenvalue weighted by Crippen LogP contribution is -2.37. The van der Waals surface area contributed by atoms with Gasteiger partial charge in [-0.2, -0.15) is 0 Å². The summed E-state index contributed by atoms with van der Waals surface area (Å²) < 4.78 is 15.0. The number of esters is 2. The number of methoxy groups -OCH3 is 2. The predicted molar refractivity (Wildman–Crippen MR) is 72.6 cm³/mol. The van der Waals surface area contributed by atoms with Gasteiger partial charge in [-0.3, -0.25) is 14.4 Å². The van der Waals surface area contributed by atoms with Gasteiger partial charge in [0.2, 0.25) is 0 Å². The summed E-state index contributed by atoms with van der Waals surface area (Å²) in [5.74, 6) is -2.04. The Kier molecular flexibility index (Phi) is 4.77. The Morgan fingerprint density at radius 3 is 2.19 bits per heavy atom. The highest BCUT2D eigenvalue weighted by Crippen LogP contribution is 2.42. The van der Waals surface area contributed by atoms with E-state index in [-0.39, 0.29) is 5.43 Å². The maximum Gasteiger partial charge on any atom is 0.309 e. The van der Waals surface area contributed by atoms with E-state index < -0.39 is 29.7 Å². The highest BCUT2D eigenvalue weighted by molar-refractivity contribution is 5.78. The van der Waals surface area contributed by atoms with Crippen LogP contribution in [0.1, 0.15) is 30.9 Å². The first kappa shape index (κ1) is 15.3. The molecule has 2 rings (SSSR count). The van der Waals surface area contributed by atoms with Gasteiger partial charge < -0.3 is 13.9 Å². The fourth-order valence-corrected chi connectivity index (χ4v) is 3.00. The van der Waals surface area contributed by atoms with Gasteiger partial charge in [0.1, 0.15) is 5.76 Å². The van der Waals surface area contributed by atoms with E-state index in [4.69, 9.17) is 13.9 Å². The Labute approximate surface area is 122 Å². The van der Waals surface area contributed by atoms with Gasteiger partial charge in [0.15, 0.2) is 5.43 Å². The molecule has 114 valence electrons. The molecule has 0 amide bonds. The van der Waals surface area contributed by atoms with Gasteiger partial charge >= 0.3 is 11.9 Å². The zero-order valence-electron chi connectivity index (χ0n) is 12.0. The topological polar surface area (TPSA) is 82.8 Å². The average Bonchev–Trinajstić information content (AvgIpc) is 2.52. The number of carbonyl (C=O) groups excluding carboxylic acids is 2. The van der Waals surface area contributed by atoms with Crippen molar-refractivity contribution >= 4 is 11.9 Å². The van der Waals surface area contributed by atoms with Crippen LogP contribution in [-0.2, 0) is 19.1 Å². The monoisotopic (exact) mass is 294 g/mol. The molecule has 0 spiro atoms. The van der Waals surface area contributed by atoms with Crippen molar-refractivity contribution in [1.29, 1.82) is 0 Å². The van der Waals surface area contributed by atoms with Crippen LogP contribution in [0.4, 0.5) is 0 Å². The van der Waals surface area contributed by atoms with Crippen LogP contribution in [0.5, 0.6) is 0 Å². The summed E-state index contributed by atoms with van der Waals surface area (Å²) >= 11 is 0. The van der Waals surface area contributed by atoms with Gasteiger partial charge in [0.25, 0.3) is 0 Å². The summed E-state index contributed by atoms with van der Waals surface area (Å²) in [6, 6.07) is 2.61. The first-order valence-electron chi connectivity index (χ1n) is 6.83.